The second kappa shape index (κ2) is 3.32. The molecule has 3 rings (SSSR count). The van der Waals surface area contributed by atoms with E-state index < -0.39 is 0 Å². The average molecular weight is 284 g/mol. The van der Waals surface area contributed by atoms with Gasteiger partial charge in [0.25, 0.3) is 0 Å². The van der Waals surface area contributed by atoms with Crippen LogP contribution in [0.4, 0.5) is 0 Å². The number of rotatable bonds is 1. The topological polar surface area (TPSA) is 38.1 Å². The van der Waals surface area contributed by atoms with Crippen molar-refractivity contribution in [3.8, 4) is 0 Å². The van der Waals surface area contributed by atoms with Crippen LogP contribution in [-0.2, 0) is 11.3 Å². The van der Waals surface area contributed by atoms with Gasteiger partial charge in [0.1, 0.15) is 16.5 Å². The number of likely N-dealkylation sites (N-methyl/N-ethyl adjacent to an activating group) is 1. The fourth-order valence-corrected chi connectivity index (χ4v) is 2.89. The lowest BCUT2D eigenvalue weighted by atomic mass is 10.2. The van der Waals surface area contributed by atoms with E-state index >= 15 is 0 Å². The van der Waals surface area contributed by atoms with Crippen molar-refractivity contribution < 1.29 is 4.79 Å². The molecule has 1 fully saturated rings. The van der Waals surface area contributed by atoms with Gasteiger partial charge < -0.3 is 9.47 Å². The van der Waals surface area contributed by atoms with Crippen LogP contribution >= 0.6 is 15.9 Å². The fraction of sp³-hybridized carbons (Fsp3) is 0.636. The van der Waals surface area contributed by atoms with E-state index in [1.807, 2.05) is 14.0 Å². The number of imidazole rings is 1. The van der Waals surface area contributed by atoms with Crippen molar-refractivity contribution in [2.75, 3.05) is 7.05 Å². The van der Waals surface area contributed by atoms with Crippen LogP contribution < -0.4 is 0 Å². The predicted molar refractivity (Wildman–Crippen MR) is 63.1 cm³/mol. The van der Waals surface area contributed by atoms with E-state index in [1.54, 1.807) is 4.90 Å². The van der Waals surface area contributed by atoms with Gasteiger partial charge in [0.05, 0.1) is 12.2 Å². The van der Waals surface area contributed by atoms with Gasteiger partial charge in [-0.1, -0.05) is 0 Å². The lowest BCUT2D eigenvalue weighted by molar-refractivity contribution is -0.135. The number of hydrogen-bond acceptors (Lipinski definition) is 2. The maximum atomic E-state index is 12.0. The first-order chi connectivity index (χ1) is 7.59. The van der Waals surface area contributed by atoms with Crippen LogP contribution in [-0.4, -0.2) is 27.4 Å². The molecular formula is C11H14BrN3O. The zero-order valence-corrected chi connectivity index (χ0v) is 11.0. The minimum Gasteiger partial charge on any atom is -0.338 e. The van der Waals surface area contributed by atoms with Crippen molar-refractivity contribution >= 4 is 21.8 Å². The number of carbonyl (C=O) groups excluding carboxylic acids is 1. The molecule has 0 N–H and O–H groups in total. The predicted octanol–water partition coefficient (Wildman–Crippen LogP) is 2.06. The number of nitrogens with zero attached hydrogens (tertiary/aromatic N) is 3. The highest BCUT2D eigenvalue weighted by Gasteiger charge is 2.37. The Kier molecular flexibility index (Phi) is 2.14. The van der Waals surface area contributed by atoms with E-state index in [2.05, 4.69) is 25.5 Å². The minimum atomic E-state index is -0.108. The third-order valence-electron chi connectivity index (χ3n) is 3.44. The van der Waals surface area contributed by atoms with Gasteiger partial charge in [-0.3, -0.25) is 4.79 Å². The number of halogens is 1. The summed E-state index contributed by atoms with van der Waals surface area (Å²) in [5.41, 5.74) is 1.14. The highest BCUT2D eigenvalue weighted by Crippen LogP contribution is 2.43. The maximum absolute atomic E-state index is 12.0. The summed E-state index contributed by atoms with van der Waals surface area (Å²) in [6.45, 7) is 2.62. The molecule has 86 valence electrons. The Balaban J connectivity index is 2.14. The summed E-state index contributed by atoms with van der Waals surface area (Å²) in [5.74, 6) is 1.85. The van der Waals surface area contributed by atoms with E-state index in [9.17, 15) is 4.79 Å². The Hall–Kier alpha value is -0.840. The smallest absolute Gasteiger partial charge is 0.245 e. The molecule has 1 aromatic heterocycles. The standard InChI is InChI=1S/C11H14BrN3O/c1-6-11(16)14(2)5-8-9(12)13-10(15(6)8)7-3-4-7/h6-7H,3-5H2,1-2H3. The Bertz CT molecular complexity index is 464. The number of aromatic nitrogens is 2. The largest absolute Gasteiger partial charge is 0.338 e. The molecule has 0 radical (unpaired) electrons. The SMILES string of the molecule is CC1C(=O)N(C)Cc2c(Br)nc(C3CC3)n21. The molecule has 1 aliphatic heterocycles. The first-order valence-electron chi connectivity index (χ1n) is 5.61. The molecule has 0 saturated heterocycles. The maximum Gasteiger partial charge on any atom is 0.245 e. The van der Waals surface area contributed by atoms with Crippen molar-refractivity contribution in [3.05, 3.63) is 16.1 Å². The molecule has 1 aliphatic carbocycles. The van der Waals surface area contributed by atoms with Gasteiger partial charge in [-0.2, -0.15) is 0 Å². The van der Waals surface area contributed by atoms with Gasteiger partial charge in [-0.15, -0.1) is 0 Å². The molecule has 0 spiro atoms. The first-order valence-corrected chi connectivity index (χ1v) is 6.40. The third-order valence-corrected chi connectivity index (χ3v) is 4.07. The molecule has 0 bridgehead atoms. The van der Waals surface area contributed by atoms with Gasteiger partial charge in [-0.05, 0) is 35.7 Å². The van der Waals surface area contributed by atoms with Gasteiger partial charge in [0.15, 0.2) is 0 Å². The molecule has 5 heteroatoms. The summed E-state index contributed by atoms with van der Waals surface area (Å²) in [7, 11) is 1.85. The molecule has 2 heterocycles. The van der Waals surface area contributed by atoms with Gasteiger partial charge in [0, 0.05) is 13.0 Å². The molecule has 1 amide bonds. The minimum absolute atomic E-state index is 0.108. The van der Waals surface area contributed by atoms with Crippen molar-refractivity contribution in [2.24, 2.45) is 0 Å². The van der Waals surface area contributed by atoms with Gasteiger partial charge in [0.2, 0.25) is 5.91 Å². The molecule has 0 aromatic carbocycles. The average Bonchev–Trinajstić information content (AvgIpc) is 3.02. The third kappa shape index (κ3) is 1.34. The van der Waals surface area contributed by atoms with Crippen molar-refractivity contribution in [1.29, 1.82) is 0 Å². The van der Waals surface area contributed by atoms with Crippen LogP contribution in [0.1, 0.15) is 43.2 Å². The molecule has 1 aromatic rings. The molecule has 4 nitrogen and oxygen atoms in total. The summed E-state index contributed by atoms with van der Waals surface area (Å²) in [4.78, 5) is 18.3. The lowest BCUT2D eigenvalue weighted by Gasteiger charge is -2.30. The summed E-state index contributed by atoms with van der Waals surface area (Å²) in [6.07, 6.45) is 2.42. The Morgan fingerprint density at radius 2 is 2.12 bits per heavy atom. The van der Waals surface area contributed by atoms with Crippen molar-refractivity contribution in [1.82, 2.24) is 14.5 Å². The van der Waals surface area contributed by atoms with E-state index in [-0.39, 0.29) is 11.9 Å². The summed E-state index contributed by atoms with van der Waals surface area (Å²) >= 11 is 3.50. The number of amides is 1. The highest BCUT2D eigenvalue weighted by atomic mass is 79.9. The van der Waals surface area contributed by atoms with Crippen LogP contribution in [0.25, 0.3) is 0 Å². The van der Waals surface area contributed by atoms with Crippen molar-refractivity contribution in [3.63, 3.8) is 0 Å². The first kappa shape index (κ1) is 10.3. The number of hydrogen-bond donors (Lipinski definition) is 0. The zero-order valence-electron chi connectivity index (χ0n) is 9.40. The van der Waals surface area contributed by atoms with Crippen LogP contribution in [0.15, 0.2) is 4.60 Å². The monoisotopic (exact) mass is 283 g/mol. The molecule has 1 saturated carbocycles. The second-order valence-electron chi connectivity index (χ2n) is 4.72. The van der Waals surface area contributed by atoms with E-state index in [0.29, 0.717) is 12.5 Å². The lowest BCUT2D eigenvalue weighted by Crippen LogP contribution is -2.39. The summed E-state index contributed by atoms with van der Waals surface area (Å²) < 4.78 is 3.03. The molecule has 1 atom stereocenters. The summed E-state index contributed by atoms with van der Waals surface area (Å²) in [5, 5.41) is 0. The molecule has 2 aliphatic rings. The van der Waals surface area contributed by atoms with Crippen LogP contribution in [0.2, 0.25) is 0 Å². The Morgan fingerprint density at radius 1 is 1.44 bits per heavy atom. The molecular weight excluding hydrogens is 270 g/mol. The molecule has 1 unspecified atom stereocenters. The zero-order chi connectivity index (χ0) is 11.4. The Morgan fingerprint density at radius 3 is 2.75 bits per heavy atom. The number of carbonyl (C=O) groups is 1. The van der Waals surface area contributed by atoms with Gasteiger partial charge >= 0.3 is 0 Å². The van der Waals surface area contributed by atoms with Crippen LogP contribution in [0.3, 0.4) is 0 Å². The number of fused-ring (bicyclic) bond motifs is 1. The van der Waals surface area contributed by atoms with Crippen LogP contribution in [0, 0.1) is 0 Å². The van der Waals surface area contributed by atoms with Crippen LogP contribution in [0.5, 0.6) is 0 Å². The van der Waals surface area contributed by atoms with E-state index in [4.69, 9.17) is 0 Å². The normalized spacial score (nSPS) is 24.8. The summed E-state index contributed by atoms with van der Waals surface area (Å²) in [6, 6.07) is -0.108. The highest BCUT2D eigenvalue weighted by molar-refractivity contribution is 9.10. The van der Waals surface area contributed by atoms with E-state index in [0.717, 1.165) is 16.1 Å². The van der Waals surface area contributed by atoms with E-state index in [1.165, 1.54) is 12.8 Å². The quantitative estimate of drug-likeness (QED) is 0.791. The van der Waals surface area contributed by atoms with Gasteiger partial charge in [-0.25, -0.2) is 4.98 Å². The molecule has 16 heavy (non-hydrogen) atoms. The second-order valence-corrected chi connectivity index (χ2v) is 5.47. The Labute approximate surface area is 103 Å². The fourth-order valence-electron chi connectivity index (χ4n) is 2.39. The van der Waals surface area contributed by atoms with Crippen molar-refractivity contribution in [2.45, 2.75) is 38.3 Å².